The molecule has 1 aliphatic rings. The number of aromatic nitrogens is 2. The Labute approximate surface area is 167 Å². The highest BCUT2D eigenvalue weighted by molar-refractivity contribution is 6.03. The van der Waals surface area contributed by atoms with Gasteiger partial charge in [0.25, 0.3) is 5.91 Å². The van der Waals surface area contributed by atoms with E-state index in [2.05, 4.69) is 10.4 Å². The lowest BCUT2D eigenvalue weighted by molar-refractivity contribution is -0.118. The molecule has 1 aliphatic heterocycles. The lowest BCUT2D eigenvalue weighted by Crippen LogP contribution is -2.41. The van der Waals surface area contributed by atoms with Crippen LogP contribution in [0.5, 0.6) is 0 Å². The van der Waals surface area contributed by atoms with E-state index in [-0.39, 0.29) is 25.0 Å². The van der Waals surface area contributed by atoms with E-state index in [1.165, 1.54) is 0 Å². The van der Waals surface area contributed by atoms with Crippen molar-refractivity contribution in [1.82, 2.24) is 14.7 Å². The van der Waals surface area contributed by atoms with Gasteiger partial charge in [-0.25, -0.2) is 4.68 Å². The fraction of sp³-hybridized carbons (Fsp3) is 0.286. The molecule has 0 spiro atoms. The molecule has 2 amide bonds. The lowest BCUT2D eigenvalue weighted by atomic mass is 9.89. The Morgan fingerprint density at radius 1 is 1.31 bits per heavy atom. The Bertz CT molecular complexity index is 1070. The number of fused-ring (bicyclic) bond motifs is 1. The van der Waals surface area contributed by atoms with Gasteiger partial charge in [-0.15, -0.1) is 0 Å². The maximum atomic E-state index is 13.1. The third kappa shape index (κ3) is 3.42. The van der Waals surface area contributed by atoms with Crippen molar-refractivity contribution in [3.8, 4) is 11.3 Å². The molecule has 0 bridgehead atoms. The summed E-state index contributed by atoms with van der Waals surface area (Å²) in [6, 6.07) is 10.7. The number of aryl methyl sites for hydroxylation is 1. The van der Waals surface area contributed by atoms with Gasteiger partial charge in [-0.1, -0.05) is 18.2 Å². The predicted octanol–water partition coefficient (Wildman–Crippen LogP) is 2.25. The monoisotopic (exact) mass is 394 g/mol. The van der Waals surface area contributed by atoms with E-state index in [1.807, 2.05) is 25.1 Å². The number of carbonyl (C=O) groups is 2. The van der Waals surface area contributed by atoms with E-state index in [9.17, 15) is 14.7 Å². The SMILES string of the molecule is Cc1occc1-c1cc(NC(=O)C2CN(C)C(=O)c3ccccc32)n(CCO)n1. The van der Waals surface area contributed by atoms with Crippen LogP contribution in [0.3, 0.4) is 0 Å². The van der Waals surface area contributed by atoms with Crippen LogP contribution in [0.2, 0.25) is 0 Å². The van der Waals surface area contributed by atoms with Crippen LogP contribution >= 0.6 is 0 Å². The first kappa shape index (κ1) is 18.9. The number of likely N-dealkylation sites (N-methyl/N-ethyl adjacent to an activating group) is 1. The van der Waals surface area contributed by atoms with Crippen molar-refractivity contribution in [3.05, 3.63) is 59.5 Å². The number of amides is 2. The van der Waals surface area contributed by atoms with Crippen molar-refractivity contribution in [1.29, 1.82) is 0 Å². The summed E-state index contributed by atoms with van der Waals surface area (Å²) >= 11 is 0. The first-order valence-corrected chi connectivity index (χ1v) is 9.38. The fourth-order valence-electron chi connectivity index (χ4n) is 3.66. The quantitative estimate of drug-likeness (QED) is 0.691. The Morgan fingerprint density at radius 2 is 2.10 bits per heavy atom. The minimum atomic E-state index is -0.495. The first-order valence-electron chi connectivity index (χ1n) is 9.38. The number of anilines is 1. The largest absolute Gasteiger partial charge is 0.469 e. The van der Waals surface area contributed by atoms with E-state index >= 15 is 0 Å². The Hall–Kier alpha value is -3.39. The normalized spacial score (nSPS) is 16.0. The van der Waals surface area contributed by atoms with E-state index in [0.29, 0.717) is 29.2 Å². The molecule has 0 aliphatic carbocycles. The molecule has 0 saturated heterocycles. The second kappa shape index (κ2) is 7.56. The van der Waals surface area contributed by atoms with Crippen molar-refractivity contribution in [3.63, 3.8) is 0 Å². The number of benzene rings is 1. The number of nitrogens with zero attached hydrogens (tertiary/aromatic N) is 3. The molecule has 2 N–H and O–H groups in total. The number of hydrogen-bond donors (Lipinski definition) is 2. The molecule has 1 unspecified atom stereocenters. The molecule has 29 heavy (non-hydrogen) atoms. The molecule has 3 aromatic rings. The molecule has 8 heteroatoms. The summed E-state index contributed by atoms with van der Waals surface area (Å²) in [5.74, 6) is 0.388. The molecule has 0 radical (unpaired) electrons. The standard InChI is InChI=1S/C21H22N4O4/c1-13-14(7-10-29-13)18-11-19(25(23-18)8-9-26)22-20(27)17-12-24(2)21(28)16-6-4-3-5-15(16)17/h3-7,10-11,17,26H,8-9,12H2,1-2H3,(H,22,27). The first-order chi connectivity index (χ1) is 14.0. The molecular weight excluding hydrogens is 372 g/mol. The lowest BCUT2D eigenvalue weighted by Gasteiger charge is -2.31. The van der Waals surface area contributed by atoms with Crippen LogP contribution in [0, 0.1) is 6.92 Å². The van der Waals surface area contributed by atoms with Crippen LogP contribution in [-0.2, 0) is 11.3 Å². The molecule has 150 valence electrons. The summed E-state index contributed by atoms with van der Waals surface area (Å²) in [6.07, 6.45) is 1.58. The van der Waals surface area contributed by atoms with Gasteiger partial charge in [0.15, 0.2) is 0 Å². The molecule has 1 atom stereocenters. The van der Waals surface area contributed by atoms with Crippen LogP contribution < -0.4 is 5.32 Å². The minimum Gasteiger partial charge on any atom is -0.469 e. The van der Waals surface area contributed by atoms with Crippen LogP contribution in [-0.4, -0.2) is 51.8 Å². The highest BCUT2D eigenvalue weighted by Gasteiger charge is 2.33. The molecule has 4 rings (SSSR count). The highest BCUT2D eigenvalue weighted by Crippen LogP contribution is 2.30. The molecule has 0 fully saturated rings. The van der Waals surface area contributed by atoms with Crippen molar-refractivity contribution >= 4 is 17.6 Å². The number of rotatable bonds is 5. The Kier molecular flexibility index (Phi) is 4.94. The molecule has 1 aromatic carbocycles. The molecule has 3 heterocycles. The van der Waals surface area contributed by atoms with Crippen molar-refractivity contribution < 1.29 is 19.1 Å². The highest BCUT2D eigenvalue weighted by atomic mass is 16.3. The van der Waals surface area contributed by atoms with Gasteiger partial charge in [-0.2, -0.15) is 5.10 Å². The number of nitrogens with one attached hydrogen (secondary N) is 1. The number of aliphatic hydroxyl groups is 1. The van der Waals surface area contributed by atoms with Crippen LogP contribution in [0.1, 0.15) is 27.6 Å². The number of hydrogen-bond acceptors (Lipinski definition) is 5. The average molecular weight is 394 g/mol. The van der Waals surface area contributed by atoms with Gasteiger partial charge in [0.05, 0.1) is 31.0 Å². The van der Waals surface area contributed by atoms with Gasteiger partial charge in [0, 0.05) is 30.8 Å². The maximum absolute atomic E-state index is 13.1. The van der Waals surface area contributed by atoms with Crippen LogP contribution in [0.15, 0.2) is 47.1 Å². The van der Waals surface area contributed by atoms with Gasteiger partial charge >= 0.3 is 0 Å². The van der Waals surface area contributed by atoms with E-state index in [4.69, 9.17) is 4.42 Å². The van der Waals surface area contributed by atoms with Crippen LogP contribution in [0.4, 0.5) is 5.82 Å². The topological polar surface area (TPSA) is 101 Å². The summed E-state index contributed by atoms with van der Waals surface area (Å²) in [6.45, 7) is 2.26. The predicted molar refractivity (Wildman–Crippen MR) is 107 cm³/mol. The summed E-state index contributed by atoms with van der Waals surface area (Å²) in [7, 11) is 1.69. The van der Waals surface area contributed by atoms with Gasteiger partial charge in [0.1, 0.15) is 11.6 Å². The Morgan fingerprint density at radius 3 is 2.83 bits per heavy atom. The third-order valence-corrected chi connectivity index (χ3v) is 5.16. The smallest absolute Gasteiger partial charge is 0.253 e. The zero-order valence-electron chi connectivity index (χ0n) is 16.3. The second-order valence-electron chi connectivity index (χ2n) is 7.07. The summed E-state index contributed by atoms with van der Waals surface area (Å²) < 4.78 is 6.90. The summed E-state index contributed by atoms with van der Waals surface area (Å²) in [4.78, 5) is 27.1. The van der Waals surface area contributed by atoms with Crippen LogP contribution in [0.25, 0.3) is 11.3 Å². The number of aliphatic hydroxyl groups excluding tert-OH is 1. The zero-order chi connectivity index (χ0) is 20.5. The molecular formula is C21H22N4O4. The molecule has 2 aromatic heterocycles. The number of carbonyl (C=O) groups excluding carboxylic acids is 2. The van der Waals surface area contributed by atoms with Crippen molar-refractivity contribution in [2.75, 3.05) is 25.5 Å². The zero-order valence-corrected chi connectivity index (χ0v) is 16.3. The van der Waals surface area contributed by atoms with E-state index < -0.39 is 5.92 Å². The maximum Gasteiger partial charge on any atom is 0.253 e. The van der Waals surface area contributed by atoms with Crippen molar-refractivity contribution in [2.24, 2.45) is 0 Å². The summed E-state index contributed by atoms with van der Waals surface area (Å²) in [5.41, 5.74) is 2.73. The van der Waals surface area contributed by atoms with Gasteiger partial charge in [-0.05, 0) is 24.6 Å². The average Bonchev–Trinajstić information content (AvgIpc) is 3.31. The summed E-state index contributed by atoms with van der Waals surface area (Å²) in [5, 5.41) is 16.8. The van der Waals surface area contributed by atoms with Crippen molar-refractivity contribution in [2.45, 2.75) is 19.4 Å². The van der Waals surface area contributed by atoms with Gasteiger partial charge < -0.3 is 19.7 Å². The van der Waals surface area contributed by atoms with E-state index in [0.717, 1.165) is 11.3 Å². The van der Waals surface area contributed by atoms with Gasteiger partial charge in [0.2, 0.25) is 5.91 Å². The fourth-order valence-corrected chi connectivity index (χ4v) is 3.66. The number of furan rings is 1. The van der Waals surface area contributed by atoms with E-state index in [1.54, 1.807) is 41.1 Å². The molecule has 8 nitrogen and oxygen atoms in total. The third-order valence-electron chi connectivity index (χ3n) is 5.16. The second-order valence-corrected chi connectivity index (χ2v) is 7.07. The van der Waals surface area contributed by atoms with Gasteiger partial charge in [-0.3, -0.25) is 9.59 Å². The molecule has 0 saturated carbocycles. The minimum absolute atomic E-state index is 0.0901. The Balaban J connectivity index is 1.65.